The first-order valence-corrected chi connectivity index (χ1v) is 9.98. The summed E-state index contributed by atoms with van der Waals surface area (Å²) in [6.07, 6.45) is 0. The molecular formula is C20H44N2O4. The van der Waals surface area contributed by atoms with E-state index in [9.17, 15) is 0 Å². The second-order valence-electron chi connectivity index (χ2n) is 8.41. The molecule has 158 valence electrons. The van der Waals surface area contributed by atoms with Gasteiger partial charge in [0.15, 0.2) is 0 Å². The molecule has 0 aliphatic heterocycles. The van der Waals surface area contributed by atoms with Crippen molar-refractivity contribution in [2.75, 3.05) is 72.4 Å². The van der Waals surface area contributed by atoms with Gasteiger partial charge in [0.05, 0.1) is 51.8 Å². The molecule has 0 rings (SSSR count). The van der Waals surface area contributed by atoms with Crippen molar-refractivity contribution in [3.05, 3.63) is 0 Å². The lowest BCUT2D eigenvalue weighted by Crippen LogP contribution is -2.38. The van der Waals surface area contributed by atoms with Crippen molar-refractivity contribution in [2.45, 2.75) is 59.6 Å². The molecule has 0 unspecified atom stereocenters. The van der Waals surface area contributed by atoms with Gasteiger partial charge in [-0.2, -0.15) is 0 Å². The summed E-state index contributed by atoms with van der Waals surface area (Å²) in [5, 5.41) is 3.38. The number of likely N-dealkylation sites (N-methyl/N-ethyl adjacent to an activating group) is 1. The number of rotatable bonds is 16. The second kappa shape index (κ2) is 14.8. The molecule has 0 aliphatic carbocycles. The zero-order valence-electron chi connectivity index (χ0n) is 18.4. The first-order valence-electron chi connectivity index (χ1n) is 9.98. The van der Waals surface area contributed by atoms with E-state index in [-0.39, 0.29) is 11.1 Å². The average molecular weight is 377 g/mol. The van der Waals surface area contributed by atoms with Crippen LogP contribution in [-0.4, -0.2) is 88.5 Å². The van der Waals surface area contributed by atoms with Crippen LogP contribution < -0.4 is 5.32 Å². The molecule has 0 aromatic carbocycles. The predicted molar refractivity (Wildman–Crippen MR) is 108 cm³/mol. The molecule has 0 heterocycles. The Kier molecular flexibility index (Phi) is 14.6. The molecule has 0 bridgehead atoms. The van der Waals surface area contributed by atoms with Gasteiger partial charge >= 0.3 is 0 Å². The number of hydrogen-bond donors (Lipinski definition) is 1. The standard InChI is InChI=1S/C20H44N2O4/c1-8-22(11-14-26-20(5,6)7)10-13-24-16-18-25-17-15-23-12-9-21-19(2,3)4/h21H,8-18H2,1-7H3. The lowest BCUT2D eigenvalue weighted by atomic mass is 10.1. The van der Waals surface area contributed by atoms with Crippen molar-refractivity contribution in [1.82, 2.24) is 10.2 Å². The maximum atomic E-state index is 5.77. The third kappa shape index (κ3) is 20.1. The quantitative estimate of drug-likeness (QED) is 0.418. The van der Waals surface area contributed by atoms with Crippen LogP contribution in [0.4, 0.5) is 0 Å². The van der Waals surface area contributed by atoms with E-state index in [0.717, 1.165) is 39.4 Å². The van der Waals surface area contributed by atoms with Gasteiger partial charge < -0.3 is 24.3 Å². The highest BCUT2D eigenvalue weighted by molar-refractivity contribution is 4.69. The molecule has 0 aromatic rings. The van der Waals surface area contributed by atoms with E-state index in [1.165, 1.54) is 0 Å². The van der Waals surface area contributed by atoms with Gasteiger partial charge in [-0.15, -0.1) is 0 Å². The molecule has 0 aliphatic rings. The third-order valence-corrected chi connectivity index (χ3v) is 3.59. The molecule has 0 fully saturated rings. The third-order valence-electron chi connectivity index (χ3n) is 3.59. The first-order chi connectivity index (χ1) is 12.1. The van der Waals surface area contributed by atoms with Gasteiger partial charge in [-0.1, -0.05) is 6.92 Å². The summed E-state index contributed by atoms with van der Waals surface area (Å²) in [5.74, 6) is 0. The van der Waals surface area contributed by atoms with Crippen LogP contribution in [-0.2, 0) is 18.9 Å². The number of hydrogen-bond acceptors (Lipinski definition) is 6. The lowest BCUT2D eigenvalue weighted by molar-refractivity contribution is -0.0178. The topological polar surface area (TPSA) is 52.2 Å². The van der Waals surface area contributed by atoms with Gasteiger partial charge in [0, 0.05) is 25.2 Å². The predicted octanol–water partition coefficient (Wildman–Crippen LogP) is 2.56. The molecule has 6 heteroatoms. The summed E-state index contributed by atoms with van der Waals surface area (Å²) in [7, 11) is 0. The molecule has 0 amide bonds. The largest absolute Gasteiger partial charge is 0.378 e. The Balaban J connectivity index is 3.36. The Labute approximate surface area is 161 Å². The monoisotopic (exact) mass is 376 g/mol. The summed E-state index contributed by atoms with van der Waals surface area (Å²) >= 11 is 0. The van der Waals surface area contributed by atoms with E-state index in [1.807, 2.05) is 0 Å². The summed E-state index contributed by atoms with van der Waals surface area (Å²) in [4.78, 5) is 2.34. The fourth-order valence-electron chi connectivity index (χ4n) is 2.14. The van der Waals surface area contributed by atoms with Crippen molar-refractivity contribution < 1.29 is 18.9 Å². The zero-order chi connectivity index (χ0) is 19.9. The van der Waals surface area contributed by atoms with Gasteiger partial charge in [-0.3, -0.25) is 4.90 Å². The van der Waals surface area contributed by atoms with Gasteiger partial charge in [-0.05, 0) is 48.1 Å². The fraction of sp³-hybridized carbons (Fsp3) is 1.00. The molecule has 0 spiro atoms. The Morgan fingerprint density at radius 1 is 0.692 bits per heavy atom. The molecule has 0 saturated carbocycles. The molecule has 0 atom stereocenters. The van der Waals surface area contributed by atoms with Crippen LogP contribution in [0.15, 0.2) is 0 Å². The van der Waals surface area contributed by atoms with Crippen molar-refractivity contribution in [3.8, 4) is 0 Å². The van der Waals surface area contributed by atoms with Crippen LogP contribution in [0.5, 0.6) is 0 Å². The van der Waals surface area contributed by atoms with Gasteiger partial charge in [0.2, 0.25) is 0 Å². The molecule has 26 heavy (non-hydrogen) atoms. The summed E-state index contributed by atoms with van der Waals surface area (Å²) in [6.45, 7) is 23.3. The Bertz CT molecular complexity index is 314. The van der Waals surface area contributed by atoms with E-state index < -0.39 is 0 Å². The van der Waals surface area contributed by atoms with Crippen LogP contribution in [0.2, 0.25) is 0 Å². The van der Waals surface area contributed by atoms with Crippen LogP contribution in [0.3, 0.4) is 0 Å². The summed E-state index contributed by atoms with van der Waals surface area (Å²) in [5.41, 5.74) is 0.0736. The Morgan fingerprint density at radius 2 is 1.19 bits per heavy atom. The highest BCUT2D eigenvalue weighted by atomic mass is 16.5. The lowest BCUT2D eigenvalue weighted by Gasteiger charge is -2.24. The van der Waals surface area contributed by atoms with Crippen molar-refractivity contribution >= 4 is 0 Å². The van der Waals surface area contributed by atoms with E-state index in [4.69, 9.17) is 18.9 Å². The SMILES string of the molecule is CCN(CCOCCOCCOCCNC(C)(C)C)CCOC(C)(C)C. The summed E-state index contributed by atoms with van der Waals surface area (Å²) in [6, 6.07) is 0. The number of nitrogens with zero attached hydrogens (tertiary/aromatic N) is 1. The molecule has 0 aromatic heterocycles. The van der Waals surface area contributed by atoms with E-state index in [1.54, 1.807) is 0 Å². The van der Waals surface area contributed by atoms with Gasteiger partial charge in [-0.25, -0.2) is 0 Å². The minimum atomic E-state index is -0.0694. The van der Waals surface area contributed by atoms with Gasteiger partial charge in [0.1, 0.15) is 0 Å². The maximum Gasteiger partial charge on any atom is 0.0701 e. The highest BCUT2D eigenvalue weighted by Crippen LogP contribution is 2.06. The van der Waals surface area contributed by atoms with E-state index in [0.29, 0.717) is 33.0 Å². The van der Waals surface area contributed by atoms with E-state index >= 15 is 0 Å². The molecule has 0 saturated heterocycles. The Morgan fingerprint density at radius 3 is 1.69 bits per heavy atom. The Hall–Kier alpha value is -0.240. The second-order valence-corrected chi connectivity index (χ2v) is 8.41. The minimum absolute atomic E-state index is 0.0694. The zero-order valence-corrected chi connectivity index (χ0v) is 18.4. The van der Waals surface area contributed by atoms with Crippen LogP contribution >= 0.6 is 0 Å². The van der Waals surface area contributed by atoms with Crippen molar-refractivity contribution in [2.24, 2.45) is 0 Å². The van der Waals surface area contributed by atoms with Crippen LogP contribution in [0, 0.1) is 0 Å². The van der Waals surface area contributed by atoms with Crippen LogP contribution in [0.1, 0.15) is 48.5 Å². The molecule has 0 radical (unpaired) electrons. The summed E-state index contributed by atoms with van der Waals surface area (Å²) < 4.78 is 22.4. The minimum Gasteiger partial charge on any atom is -0.378 e. The van der Waals surface area contributed by atoms with E-state index in [2.05, 4.69) is 58.7 Å². The maximum absolute atomic E-state index is 5.77. The number of nitrogens with one attached hydrogen (secondary N) is 1. The highest BCUT2D eigenvalue weighted by Gasteiger charge is 2.11. The normalized spacial score (nSPS) is 12.9. The van der Waals surface area contributed by atoms with Crippen LogP contribution in [0.25, 0.3) is 0 Å². The molecular weight excluding hydrogens is 332 g/mol. The fourth-order valence-corrected chi connectivity index (χ4v) is 2.14. The first kappa shape index (κ1) is 25.8. The van der Waals surface area contributed by atoms with Crippen molar-refractivity contribution in [3.63, 3.8) is 0 Å². The smallest absolute Gasteiger partial charge is 0.0701 e. The molecule has 1 N–H and O–H groups in total. The van der Waals surface area contributed by atoms with Gasteiger partial charge in [0.25, 0.3) is 0 Å². The van der Waals surface area contributed by atoms with Crippen molar-refractivity contribution in [1.29, 1.82) is 0 Å². The average Bonchev–Trinajstić information content (AvgIpc) is 2.52. The molecule has 6 nitrogen and oxygen atoms in total. The number of ether oxygens (including phenoxy) is 4.